The summed E-state index contributed by atoms with van der Waals surface area (Å²) < 4.78 is 8.19. The summed E-state index contributed by atoms with van der Waals surface area (Å²) in [5.74, 6) is 0.793. The molecule has 22 heavy (non-hydrogen) atoms. The first kappa shape index (κ1) is 14.6. The molecule has 0 bridgehead atoms. The third-order valence-electron chi connectivity index (χ3n) is 3.33. The molecule has 1 saturated carbocycles. The summed E-state index contributed by atoms with van der Waals surface area (Å²) >= 11 is 0. The molecule has 0 radical (unpaired) electrons. The lowest BCUT2D eigenvalue weighted by molar-refractivity contribution is -0.123. The average molecular weight is 304 g/mol. The summed E-state index contributed by atoms with van der Waals surface area (Å²) in [5, 5.41) is 7.13. The van der Waals surface area contributed by atoms with Crippen LogP contribution < -0.4 is 11.0 Å². The first-order valence-corrected chi connectivity index (χ1v) is 7.39. The van der Waals surface area contributed by atoms with Crippen LogP contribution in [0.3, 0.4) is 0 Å². The molecule has 1 fully saturated rings. The van der Waals surface area contributed by atoms with Crippen LogP contribution in [0.4, 0.5) is 0 Å². The lowest BCUT2D eigenvalue weighted by Gasteiger charge is -2.20. The van der Waals surface area contributed by atoms with Crippen molar-refractivity contribution in [1.82, 2.24) is 19.7 Å². The second-order valence-electron chi connectivity index (χ2n) is 6.64. The van der Waals surface area contributed by atoms with Gasteiger partial charge in [-0.3, -0.25) is 9.36 Å². The van der Waals surface area contributed by atoms with Gasteiger partial charge in [0, 0.05) is 11.6 Å². The normalized spacial score (nSPS) is 15.0. The molecule has 1 N–H and O–H groups in total. The van der Waals surface area contributed by atoms with Crippen LogP contribution in [0.15, 0.2) is 27.6 Å². The molecule has 0 saturated heterocycles. The Morgan fingerprint density at radius 1 is 1.45 bits per heavy atom. The zero-order valence-corrected chi connectivity index (χ0v) is 13.0. The number of nitrogens with zero attached hydrogens (tertiary/aromatic N) is 3. The van der Waals surface area contributed by atoms with Gasteiger partial charge >= 0.3 is 5.69 Å². The zero-order valence-electron chi connectivity index (χ0n) is 13.0. The minimum Gasteiger partial charge on any atom is -0.461 e. The Labute approximate surface area is 127 Å². The molecule has 1 aliphatic carbocycles. The van der Waals surface area contributed by atoms with Crippen LogP contribution in [0.2, 0.25) is 0 Å². The smallest absolute Gasteiger partial charge is 0.347 e. The van der Waals surface area contributed by atoms with E-state index in [1.165, 1.54) is 4.68 Å². The molecular weight excluding hydrogens is 284 g/mol. The molecule has 3 rings (SSSR count). The Morgan fingerprint density at radius 3 is 2.73 bits per heavy atom. The standard InChI is InChI=1S/C15H20N4O3/c1-15(2,3)16-12(20)9-18-14(21)19(10-6-7-10)13(17-18)11-5-4-8-22-11/h4-5,8,10H,6-7,9H2,1-3H3,(H,16,20). The SMILES string of the molecule is CC(C)(C)NC(=O)Cn1nc(-c2ccco2)n(C2CC2)c1=O. The predicted molar refractivity (Wildman–Crippen MR) is 80.4 cm³/mol. The lowest BCUT2D eigenvalue weighted by Crippen LogP contribution is -2.43. The van der Waals surface area contributed by atoms with E-state index in [0.717, 1.165) is 12.8 Å². The van der Waals surface area contributed by atoms with Gasteiger partial charge in [0.25, 0.3) is 0 Å². The fourth-order valence-corrected chi connectivity index (χ4v) is 2.35. The lowest BCUT2D eigenvalue weighted by atomic mass is 10.1. The van der Waals surface area contributed by atoms with Crippen molar-refractivity contribution in [2.45, 2.75) is 51.7 Å². The van der Waals surface area contributed by atoms with Crippen LogP contribution in [-0.4, -0.2) is 25.8 Å². The van der Waals surface area contributed by atoms with Gasteiger partial charge in [-0.1, -0.05) is 0 Å². The molecule has 7 heteroatoms. The molecule has 2 aromatic heterocycles. The van der Waals surface area contributed by atoms with E-state index < -0.39 is 0 Å². The van der Waals surface area contributed by atoms with Crippen LogP contribution in [0.5, 0.6) is 0 Å². The van der Waals surface area contributed by atoms with Crippen molar-refractivity contribution in [3.8, 4) is 11.6 Å². The maximum Gasteiger partial charge on any atom is 0.347 e. The van der Waals surface area contributed by atoms with Crippen molar-refractivity contribution < 1.29 is 9.21 Å². The molecule has 2 heterocycles. The summed E-state index contributed by atoms with van der Waals surface area (Å²) in [4.78, 5) is 24.5. The van der Waals surface area contributed by atoms with Gasteiger partial charge in [-0.2, -0.15) is 0 Å². The topological polar surface area (TPSA) is 82.1 Å². The summed E-state index contributed by atoms with van der Waals surface area (Å²) in [6.07, 6.45) is 3.45. The maximum atomic E-state index is 12.5. The average Bonchev–Trinajstić information content (AvgIpc) is 2.97. The number of carbonyl (C=O) groups excluding carboxylic acids is 1. The Balaban J connectivity index is 1.91. The molecule has 2 aromatic rings. The molecule has 0 aromatic carbocycles. The molecule has 1 aliphatic rings. The van der Waals surface area contributed by atoms with E-state index in [2.05, 4.69) is 10.4 Å². The fraction of sp³-hybridized carbons (Fsp3) is 0.533. The van der Waals surface area contributed by atoms with Gasteiger partial charge in [0.2, 0.25) is 11.7 Å². The van der Waals surface area contributed by atoms with Crippen molar-refractivity contribution in [2.24, 2.45) is 0 Å². The Kier molecular flexibility index (Phi) is 3.42. The monoisotopic (exact) mass is 304 g/mol. The predicted octanol–water partition coefficient (Wildman–Crippen LogP) is 1.55. The van der Waals surface area contributed by atoms with Crippen LogP contribution in [0, 0.1) is 0 Å². The van der Waals surface area contributed by atoms with Gasteiger partial charge in [0.15, 0.2) is 5.76 Å². The molecule has 0 spiro atoms. The highest BCUT2D eigenvalue weighted by Gasteiger charge is 2.31. The van der Waals surface area contributed by atoms with E-state index in [9.17, 15) is 9.59 Å². The number of aromatic nitrogens is 3. The minimum absolute atomic E-state index is 0.0937. The number of hydrogen-bond donors (Lipinski definition) is 1. The van der Waals surface area contributed by atoms with Crippen LogP contribution in [0.1, 0.15) is 39.7 Å². The quantitative estimate of drug-likeness (QED) is 0.929. The third-order valence-corrected chi connectivity index (χ3v) is 3.33. The summed E-state index contributed by atoms with van der Waals surface area (Å²) in [6.45, 7) is 5.59. The first-order valence-electron chi connectivity index (χ1n) is 7.39. The summed E-state index contributed by atoms with van der Waals surface area (Å²) in [5.41, 5.74) is -0.609. The van der Waals surface area contributed by atoms with Gasteiger partial charge in [0.05, 0.1) is 6.26 Å². The van der Waals surface area contributed by atoms with E-state index in [4.69, 9.17) is 4.42 Å². The number of rotatable bonds is 4. The van der Waals surface area contributed by atoms with E-state index >= 15 is 0 Å². The number of hydrogen-bond acceptors (Lipinski definition) is 4. The maximum absolute atomic E-state index is 12.5. The second-order valence-corrected chi connectivity index (χ2v) is 6.64. The number of amides is 1. The highest BCUT2D eigenvalue weighted by atomic mass is 16.3. The van der Waals surface area contributed by atoms with Crippen molar-refractivity contribution >= 4 is 5.91 Å². The van der Waals surface area contributed by atoms with Crippen molar-refractivity contribution in [3.05, 3.63) is 28.9 Å². The van der Waals surface area contributed by atoms with E-state index in [1.54, 1.807) is 23.0 Å². The van der Waals surface area contributed by atoms with E-state index in [1.807, 2.05) is 20.8 Å². The van der Waals surface area contributed by atoms with Crippen LogP contribution >= 0.6 is 0 Å². The second kappa shape index (κ2) is 5.15. The zero-order chi connectivity index (χ0) is 15.9. The van der Waals surface area contributed by atoms with Crippen molar-refractivity contribution in [1.29, 1.82) is 0 Å². The molecule has 1 amide bonds. The van der Waals surface area contributed by atoms with E-state index in [-0.39, 0.29) is 29.7 Å². The minimum atomic E-state index is -0.344. The highest BCUT2D eigenvalue weighted by Crippen LogP contribution is 2.36. The fourth-order valence-electron chi connectivity index (χ4n) is 2.35. The summed E-state index contributed by atoms with van der Waals surface area (Å²) in [7, 11) is 0. The number of furan rings is 1. The molecule has 0 atom stereocenters. The summed E-state index contributed by atoms with van der Waals surface area (Å²) in [6, 6.07) is 3.68. The number of carbonyl (C=O) groups is 1. The van der Waals surface area contributed by atoms with Gasteiger partial charge in [-0.05, 0) is 45.7 Å². The Morgan fingerprint density at radius 2 is 2.18 bits per heavy atom. The van der Waals surface area contributed by atoms with Crippen LogP contribution in [0.25, 0.3) is 11.6 Å². The van der Waals surface area contributed by atoms with Crippen LogP contribution in [-0.2, 0) is 11.3 Å². The highest BCUT2D eigenvalue weighted by molar-refractivity contribution is 5.76. The third kappa shape index (κ3) is 2.98. The largest absolute Gasteiger partial charge is 0.461 e. The Hall–Kier alpha value is -2.31. The number of nitrogens with one attached hydrogen (secondary N) is 1. The molecule has 0 unspecified atom stereocenters. The van der Waals surface area contributed by atoms with Gasteiger partial charge in [-0.25, -0.2) is 9.48 Å². The van der Waals surface area contributed by atoms with Gasteiger partial charge < -0.3 is 9.73 Å². The molecule has 7 nitrogen and oxygen atoms in total. The first-order chi connectivity index (χ1) is 10.3. The molecule has 118 valence electrons. The van der Waals surface area contributed by atoms with Crippen molar-refractivity contribution in [2.75, 3.05) is 0 Å². The molecule has 0 aliphatic heterocycles. The Bertz CT molecular complexity index is 730. The van der Waals surface area contributed by atoms with E-state index in [0.29, 0.717) is 11.6 Å². The van der Waals surface area contributed by atoms with Gasteiger partial charge in [-0.15, -0.1) is 5.10 Å². The van der Waals surface area contributed by atoms with Gasteiger partial charge in [0.1, 0.15) is 6.54 Å². The van der Waals surface area contributed by atoms with Crippen molar-refractivity contribution in [3.63, 3.8) is 0 Å². The molecular formula is C15H20N4O3.